The van der Waals surface area contributed by atoms with E-state index in [-0.39, 0.29) is 5.91 Å². The van der Waals surface area contributed by atoms with Gasteiger partial charge in [-0.05, 0) is 45.2 Å². The van der Waals surface area contributed by atoms with E-state index in [0.29, 0.717) is 6.04 Å². The predicted octanol–water partition coefficient (Wildman–Crippen LogP) is 2.91. The average molecular weight is 318 g/mol. The third kappa shape index (κ3) is 3.06. The van der Waals surface area contributed by atoms with Gasteiger partial charge in [0.05, 0.1) is 4.88 Å². The maximum absolute atomic E-state index is 12.7. The van der Waals surface area contributed by atoms with Crippen molar-refractivity contribution < 1.29 is 4.79 Å². The van der Waals surface area contributed by atoms with Crippen LogP contribution in [0.15, 0.2) is 18.5 Å². The zero-order valence-corrected chi connectivity index (χ0v) is 14.0. The standard InChI is InChI=1S/C16H22N4OS/c1-3-19-11-17-18-15(19)9-7-13-5-4-10-20(13)16(21)14-8-6-12(2)22-14/h6,8,11,13H,3-5,7,9-10H2,1-2H3. The van der Waals surface area contributed by atoms with Crippen LogP contribution >= 0.6 is 11.3 Å². The van der Waals surface area contributed by atoms with Crippen molar-refractivity contribution in [3.8, 4) is 0 Å². The Morgan fingerprint density at radius 1 is 1.45 bits per heavy atom. The second-order valence-electron chi connectivity index (χ2n) is 5.78. The molecule has 0 N–H and O–H groups in total. The molecule has 6 heteroatoms. The maximum Gasteiger partial charge on any atom is 0.264 e. The Balaban J connectivity index is 1.64. The molecule has 3 rings (SSSR count). The van der Waals surface area contributed by atoms with E-state index in [1.54, 1.807) is 17.7 Å². The van der Waals surface area contributed by atoms with Crippen LogP contribution in [0.2, 0.25) is 0 Å². The van der Waals surface area contributed by atoms with Crippen molar-refractivity contribution in [1.82, 2.24) is 19.7 Å². The molecular weight excluding hydrogens is 296 g/mol. The predicted molar refractivity (Wildman–Crippen MR) is 87.1 cm³/mol. The Morgan fingerprint density at radius 3 is 3.05 bits per heavy atom. The number of thiophene rings is 1. The fraction of sp³-hybridized carbons (Fsp3) is 0.562. The fourth-order valence-electron chi connectivity index (χ4n) is 3.13. The molecule has 118 valence electrons. The molecule has 1 aliphatic heterocycles. The number of carbonyl (C=O) groups excluding carboxylic acids is 1. The Bertz CT molecular complexity index is 648. The Kier molecular flexibility index (Phi) is 4.57. The normalized spacial score (nSPS) is 18.1. The van der Waals surface area contributed by atoms with Crippen LogP contribution in [-0.2, 0) is 13.0 Å². The summed E-state index contributed by atoms with van der Waals surface area (Å²) >= 11 is 1.59. The Morgan fingerprint density at radius 2 is 2.32 bits per heavy atom. The fourth-order valence-corrected chi connectivity index (χ4v) is 3.95. The molecule has 1 atom stereocenters. The second kappa shape index (κ2) is 6.60. The van der Waals surface area contributed by atoms with Crippen molar-refractivity contribution in [1.29, 1.82) is 0 Å². The lowest BCUT2D eigenvalue weighted by Crippen LogP contribution is -2.35. The van der Waals surface area contributed by atoms with Gasteiger partial charge in [0.1, 0.15) is 12.2 Å². The highest BCUT2D eigenvalue weighted by Crippen LogP contribution is 2.26. The van der Waals surface area contributed by atoms with Gasteiger partial charge in [-0.25, -0.2) is 0 Å². The number of hydrogen-bond donors (Lipinski definition) is 0. The third-order valence-corrected chi connectivity index (χ3v) is 5.32. The highest BCUT2D eigenvalue weighted by molar-refractivity contribution is 7.13. The van der Waals surface area contributed by atoms with Gasteiger partial charge in [0.25, 0.3) is 5.91 Å². The summed E-state index contributed by atoms with van der Waals surface area (Å²) in [5.74, 6) is 1.21. The minimum atomic E-state index is 0.192. The summed E-state index contributed by atoms with van der Waals surface area (Å²) in [6.07, 6.45) is 5.82. The minimum Gasteiger partial charge on any atom is -0.335 e. The molecule has 1 saturated heterocycles. The van der Waals surface area contributed by atoms with E-state index in [9.17, 15) is 4.79 Å². The first-order valence-electron chi connectivity index (χ1n) is 7.93. The Labute approximate surface area is 135 Å². The topological polar surface area (TPSA) is 51.0 Å². The van der Waals surface area contributed by atoms with Gasteiger partial charge < -0.3 is 9.47 Å². The zero-order valence-electron chi connectivity index (χ0n) is 13.2. The van der Waals surface area contributed by atoms with E-state index in [4.69, 9.17) is 0 Å². The van der Waals surface area contributed by atoms with Gasteiger partial charge in [-0.1, -0.05) is 0 Å². The lowest BCUT2D eigenvalue weighted by Gasteiger charge is -2.24. The summed E-state index contributed by atoms with van der Waals surface area (Å²) in [7, 11) is 0. The summed E-state index contributed by atoms with van der Waals surface area (Å²) in [4.78, 5) is 16.8. The van der Waals surface area contributed by atoms with E-state index in [1.807, 2.05) is 19.1 Å². The van der Waals surface area contributed by atoms with Gasteiger partial charge in [0, 0.05) is 30.4 Å². The summed E-state index contributed by atoms with van der Waals surface area (Å²) in [5.41, 5.74) is 0. The van der Waals surface area contributed by atoms with Crippen LogP contribution < -0.4 is 0 Å². The average Bonchev–Trinajstić information content (AvgIpc) is 3.24. The summed E-state index contributed by atoms with van der Waals surface area (Å²) in [6, 6.07) is 4.30. The van der Waals surface area contributed by atoms with Crippen LogP contribution in [0.4, 0.5) is 0 Å². The molecule has 22 heavy (non-hydrogen) atoms. The lowest BCUT2D eigenvalue weighted by atomic mass is 10.1. The van der Waals surface area contributed by atoms with Gasteiger partial charge in [0.15, 0.2) is 0 Å². The molecule has 0 radical (unpaired) electrons. The van der Waals surface area contributed by atoms with Crippen molar-refractivity contribution in [3.63, 3.8) is 0 Å². The summed E-state index contributed by atoms with van der Waals surface area (Å²) in [5, 5.41) is 8.17. The van der Waals surface area contributed by atoms with E-state index in [0.717, 1.165) is 49.5 Å². The molecule has 0 saturated carbocycles. The molecule has 0 bridgehead atoms. The molecule has 0 aliphatic carbocycles. The van der Waals surface area contributed by atoms with Crippen LogP contribution in [0.1, 0.15) is 46.6 Å². The first-order chi connectivity index (χ1) is 10.7. The van der Waals surface area contributed by atoms with Crippen molar-refractivity contribution in [3.05, 3.63) is 34.0 Å². The van der Waals surface area contributed by atoms with Crippen molar-refractivity contribution in [2.24, 2.45) is 0 Å². The minimum absolute atomic E-state index is 0.192. The van der Waals surface area contributed by atoms with Gasteiger partial charge in [0.2, 0.25) is 0 Å². The summed E-state index contributed by atoms with van der Waals surface area (Å²) in [6.45, 7) is 5.91. The largest absolute Gasteiger partial charge is 0.335 e. The molecule has 3 heterocycles. The van der Waals surface area contributed by atoms with Crippen molar-refractivity contribution in [2.75, 3.05) is 6.54 Å². The number of likely N-dealkylation sites (tertiary alicyclic amines) is 1. The smallest absolute Gasteiger partial charge is 0.264 e. The van der Waals surface area contributed by atoms with E-state index in [2.05, 4.69) is 26.6 Å². The van der Waals surface area contributed by atoms with Gasteiger partial charge in [-0.15, -0.1) is 21.5 Å². The maximum atomic E-state index is 12.7. The van der Waals surface area contributed by atoms with Crippen LogP contribution in [0, 0.1) is 6.92 Å². The highest BCUT2D eigenvalue weighted by atomic mass is 32.1. The Hall–Kier alpha value is -1.69. The van der Waals surface area contributed by atoms with Crippen LogP contribution in [0.5, 0.6) is 0 Å². The molecule has 2 aromatic heterocycles. The van der Waals surface area contributed by atoms with Crippen LogP contribution in [-0.4, -0.2) is 38.2 Å². The molecular formula is C16H22N4OS. The lowest BCUT2D eigenvalue weighted by molar-refractivity contribution is 0.0735. The quantitative estimate of drug-likeness (QED) is 0.852. The number of hydrogen-bond acceptors (Lipinski definition) is 4. The van der Waals surface area contributed by atoms with Crippen LogP contribution in [0.25, 0.3) is 0 Å². The number of amides is 1. The SMILES string of the molecule is CCn1cnnc1CCC1CCCN1C(=O)c1ccc(C)s1. The van der Waals surface area contributed by atoms with Gasteiger partial charge >= 0.3 is 0 Å². The first-order valence-corrected chi connectivity index (χ1v) is 8.74. The van der Waals surface area contributed by atoms with E-state index >= 15 is 0 Å². The summed E-state index contributed by atoms with van der Waals surface area (Å²) < 4.78 is 2.07. The monoisotopic (exact) mass is 318 g/mol. The van der Waals surface area contributed by atoms with Crippen molar-refractivity contribution in [2.45, 2.75) is 52.1 Å². The van der Waals surface area contributed by atoms with E-state index in [1.165, 1.54) is 4.88 Å². The zero-order chi connectivity index (χ0) is 15.5. The van der Waals surface area contributed by atoms with Gasteiger partial charge in [-0.3, -0.25) is 4.79 Å². The first kappa shape index (κ1) is 15.2. The second-order valence-corrected chi connectivity index (χ2v) is 7.06. The number of aryl methyl sites for hydroxylation is 3. The molecule has 5 nitrogen and oxygen atoms in total. The number of rotatable bonds is 5. The van der Waals surface area contributed by atoms with E-state index < -0.39 is 0 Å². The molecule has 0 aromatic carbocycles. The van der Waals surface area contributed by atoms with Crippen LogP contribution in [0.3, 0.4) is 0 Å². The molecule has 1 aliphatic rings. The highest BCUT2D eigenvalue weighted by Gasteiger charge is 2.30. The molecule has 1 amide bonds. The number of nitrogens with zero attached hydrogens (tertiary/aromatic N) is 4. The van der Waals surface area contributed by atoms with Gasteiger partial charge in [-0.2, -0.15) is 0 Å². The number of carbonyl (C=O) groups is 1. The van der Waals surface area contributed by atoms with Crippen molar-refractivity contribution >= 4 is 17.2 Å². The molecule has 2 aromatic rings. The third-order valence-electron chi connectivity index (χ3n) is 4.33. The molecule has 1 fully saturated rings. The molecule has 1 unspecified atom stereocenters. The molecule has 0 spiro atoms. The number of aromatic nitrogens is 3.